The molecule has 0 bridgehead atoms. The number of pyridine rings is 1. The van der Waals surface area contributed by atoms with E-state index in [4.69, 9.17) is 0 Å². The van der Waals surface area contributed by atoms with E-state index in [-0.39, 0.29) is 11.6 Å². The van der Waals surface area contributed by atoms with Crippen molar-refractivity contribution in [3.05, 3.63) is 94.3 Å². The summed E-state index contributed by atoms with van der Waals surface area (Å²) < 4.78 is 3.46. The van der Waals surface area contributed by atoms with E-state index in [0.717, 1.165) is 16.9 Å². The van der Waals surface area contributed by atoms with E-state index >= 15 is 0 Å². The van der Waals surface area contributed by atoms with Gasteiger partial charge in [-0.15, -0.1) is 0 Å². The molecule has 3 heterocycles. The second-order valence-corrected chi connectivity index (χ2v) is 6.88. The molecule has 4 aromatic rings. The summed E-state index contributed by atoms with van der Waals surface area (Å²) in [5.41, 5.74) is 4.46. The average Bonchev–Trinajstić information content (AvgIpc) is 3.25. The summed E-state index contributed by atoms with van der Waals surface area (Å²) in [6, 6.07) is 16.0. The molecule has 0 amide bonds. The molecule has 6 nitrogen and oxygen atoms in total. The number of nitrogens with zero attached hydrogens (tertiary/aromatic N) is 4. The third-order valence-corrected chi connectivity index (χ3v) is 5.00. The molecule has 0 aliphatic rings. The maximum absolute atomic E-state index is 12.8. The van der Waals surface area contributed by atoms with Gasteiger partial charge >= 0.3 is 0 Å². The van der Waals surface area contributed by atoms with Gasteiger partial charge < -0.3 is 5.32 Å². The van der Waals surface area contributed by atoms with Gasteiger partial charge in [0.05, 0.1) is 5.69 Å². The van der Waals surface area contributed by atoms with Gasteiger partial charge in [-0.05, 0) is 56.2 Å². The first-order valence-electron chi connectivity index (χ1n) is 9.44. The van der Waals surface area contributed by atoms with Gasteiger partial charge in [-0.3, -0.25) is 9.20 Å². The molecule has 1 N–H and O–H groups in total. The maximum Gasteiger partial charge on any atom is 0.261 e. The number of benzene rings is 1. The van der Waals surface area contributed by atoms with Crippen molar-refractivity contribution in [1.82, 2.24) is 24.5 Å². The molecular weight excluding hydrogens is 350 g/mol. The Morgan fingerprint density at radius 2 is 2.00 bits per heavy atom. The van der Waals surface area contributed by atoms with E-state index < -0.39 is 0 Å². The highest BCUT2D eigenvalue weighted by molar-refractivity contribution is 5.40. The Kier molecular flexibility index (Phi) is 5.04. The van der Waals surface area contributed by atoms with Crippen LogP contribution in [0.3, 0.4) is 0 Å². The lowest BCUT2D eigenvalue weighted by Crippen LogP contribution is -2.27. The minimum Gasteiger partial charge on any atom is -0.310 e. The van der Waals surface area contributed by atoms with Gasteiger partial charge in [0.15, 0.2) is 0 Å². The first kappa shape index (κ1) is 18.1. The van der Waals surface area contributed by atoms with Crippen molar-refractivity contribution in [3.8, 4) is 5.69 Å². The predicted octanol–water partition coefficient (Wildman–Crippen LogP) is 3.08. The summed E-state index contributed by atoms with van der Waals surface area (Å²) in [5, 5.41) is 7.80. The number of aromatic nitrogens is 4. The Hall–Kier alpha value is -3.25. The van der Waals surface area contributed by atoms with Crippen LogP contribution >= 0.6 is 0 Å². The summed E-state index contributed by atoms with van der Waals surface area (Å²) in [6.45, 7) is 4.73. The summed E-state index contributed by atoms with van der Waals surface area (Å²) >= 11 is 0. The van der Waals surface area contributed by atoms with Crippen LogP contribution in [0.1, 0.15) is 29.8 Å². The van der Waals surface area contributed by atoms with Crippen molar-refractivity contribution in [3.63, 3.8) is 0 Å². The zero-order valence-corrected chi connectivity index (χ0v) is 16.0. The average molecular weight is 373 g/mol. The topological polar surface area (TPSA) is 64.2 Å². The van der Waals surface area contributed by atoms with Crippen LogP contribution in [0.2, 0.25) is 0 Å². The molecule has 1 atom stereocenters. The molecule has 142 valence electrons. The van der Waals surface area contributed by atoms with Crippen molar-refractivity contribution < 1.29 is 0 Å². The van der Waals surface area contributed by atoms with Gasteiger partial charge in [0.25, 0.3) is 5.56 Å². The fourth-order valence-corrected chi connectivity index (χ4v) is 3.41. The molecule has 0 saturated heterocycles. The third kappa shape index (κ3) is 3.59. The van der Waals surface area contributed by atoms with Gasteiger partial charge in [0.2, 0.25) is 0 Å². The van der Waals surface area contributed by atoms with E-state index in [9.17, 15) is 4.79 Å². The predicted molar refractivity (Wildman–Crippen MR) is 110 cm³/mol. The summed E-state index contributed by atoms with van der Waals surface area (Å²) in [6.07, 6.45) is 6.11. The first-order valence-corrected chi connectivity index (χ1v) is 9.44. The Bertz CT molecular complexity index is 1150. The molecule has 1 aromatic carbocycles. The molecule has 0 aliphatic carbocycles. The zero-order valence-electron chi connectivity index (χ0n) is 16.0. The van der Waals surface area contributed by atoms with E-state index in [1.165, 1.54) is 5.56 Å². The maximum atomic E-state index is 12.8. The Labute approximate surface area is 163 Å². The number of aryl methyl sites for hydroxylation is 1. The number of hydrogen-bond donors (Lipinski definition) is 1. The molecule has 0 radical (unpaired) electrons. The van der Waals surface area contributed by atoms with Crippen molar-refractivity contribution in [1.29, 1.82) is 0 Å². The van der Waals surface area contributed by atoms with Crippen molar-refractivity contribution in [2.75, 3.05) is 6.54 Å². The highest BCUT2D eigenvalue weighted by Gasteiger charge is 2.11. The van der Waals surface area contributed by atoms with Crippen LogP contribution < -0.4 is 10.9 Å². The minimum atomic E-state index is 0.0123. The fraction of sp³-hybridized carbons (Fsp3) is 0.227. The monoisotopic (exact) mass is 373 g/mol. The number of nitrogens with one attached hydrogen (secondary N) is 1. The lowest BCUT2D eigenvalue weighted by atomic mass is 10.1. The second-order valence-electron chi connectivity index (χ2n) is 6.88. The Balaban J connectivity index is 1.46. The third-order valence-electron chi connectivity index (χ3n) is 5.00. The quantitative estimate of drug-likeness (QED) is 0.564. The van der Waals surface area contributed by atoms with Crippen molar-refractivity contribution in [2.45, 2.75) is 26.3 Å². The van der Waals surface area contributed by atoms with Crippen LogP contribution in [0.4, 0.5) is 0 Å². The van der Waals surface area contributed by atoms with Gasteiger partial charge in [0, 0.05) is 42.4 Å². The molecule has 4 rings (SSSR count). The first-order chi connectivity index (χ1) is 13.6. The van der Waals surface area contributed by atoms with E-state index in [1.807, 2.05) is 54.2 Å². The highest BCUT2D eigenvalue weighted by Crippen LogP contribution is 2.16. The number of rotatable bonds is 6. The minimum absolute atomic E-state index is 0.0123. The molecule has 0 spiro atoms. The van der Waals surface area contributed by atoms with Gasteiger partial charge in [0.1, 0.15) is 5.65 Å². The molecule has 28 heavy (non-hydrogen) atoms. The Morgan fingerprint density at radius 1 is 1.11 bits per heavy atom. The zero-order chi connectivity index (χ0) is 19.5. The SMILES string of the molecule is Cc1nc2ccccn2c(=O)c1CCN[C@@H](C)c1cccc(-n2cccn2)c1. The van der Waals surface area contributed by atoms with Gasteiger partial charge in [-0.1, -0.05) is 18.2 Å². The molecule has 0 fully saturated rings. The standard InChI is InChI=1S/C22H23N5O/c1-16(18-7-5-8-19(15-18)27-14-6-11-24-27)23-12-10-20-17(2)25-21-9-3-4-13-26(21)22(20)28/h3-9,11,13-16,23H,10,12H2,1-2H3/t16-/m0/s1. The van der Waals surface area contributed by atoms with Crippen LogP contribution in [-0.4, -0.2) is 25.7 Å². The van der Waals surface area contributed by atoms with E-state index in [2.05, 4.69) is 34.5 Å². The summed E-state index contributed by atoms with van der Waals surface area (Å²) in [7, 11) is 0. The van der Waals surface area contributed by atoms with Crippen molar-refractivity contribution >= 4 is 5.65 Å². The molecule has 0 aliphatic heterocycles. The van der Waals surface area contributed by atoms with Gasteiger partial charge in [-0.25, -0.2) is 9.67 Å². The van der Waals surface area contributed by atoms with E-state index in [1.54, 1.807) is 16.8 Å². The van der Waals surface area contributed by atoms with Crippen LogP contribution in [0.5, 0.6) is 0 Å². The normalized spacial score (nSPS) is 12.4. The van der Waals surface area contributed by atoms with Crippen LogP contribution in [0.25, 0.3) is 11.3 Å². The molecule has 0 unspecified atom stereocenters. The summed E-state index contributed by atoms with van der Waals surface area (Å²) in [5.74, 6) is 0. The Morgan fingerprint density at radius 3 is 2.82 bits per heavy atom. The second kappa shape index (κ2) is 7.78. The van der Waals surface area contributed by atoms with Crippen LogP contribution in [0, 0.1) is 6.92 Å². The number of hydrogen-bond acceptors (Lipinski definition) is 4. The van der Waals surface area contributed by atoms with Crippen LogP contribution in [0.15, 0.2) is 71.9 Å². The number of fused-ring (bicyclic) bond motifs is 1. The van der Waals surface area contributed by atoms with Gasteiger partial charge in [-0.2, -0.15) is 5.10 Å². The largest absolute Gasteiger partial charge is 0.310 e. The lowest BCUT2D eigenvalue weighted by Gasteiger charge is -2.16. The summed E-state index contributed by atoms with van der Waals surface area (Å²) in [4.78, 5) is 17.3. The van der Waals surface area contributed by atoms with Crippen LogP contribution in [-0.2, 0) is 6.42 Å². The smallest absolute Gasteiger partial charge is 0.261 e. The molecule has 6 heteroatoms. The molecule has 3 aromatic heterocycles. The molecule has 0 saturated carbocycles. The van der Waals surface area contributed by atoms with Crippen molar-refractivity contribution in [2.24, 2.45) is 0 Å². The fourth-order valence-electron chi connectivity index (χ4n) is 3.41. The molecular formula is C22H23N5O. The highest BCUT2D eigenvalue weighted by atomic mass is 16.1. The van der Waals surface area contributed by atoms with E-state index in [0.29, 0.717) is 18.6 Å². The lowest BCUT2D eigenvalue weighted by molar-refractivity contribution is 0.573.